The zero-order chi connectivity index (χ0) is 10.7. The highest BCUT2D eigenvalue weighted by atomic mass is 79.9. The summed E-state index contributed by atoms with van der Waals surface area (Å²) in [5.41, 5.74) is 0.592. The van der Waals surface area contributed by atoms with Gasteiger partial charge in [0.25, 0.3) is 5.91 Å². The molecule has 1 saturated heterocycles. The molecule has 2 rings (SSSR count). The van der Waals surface area contributed by atoms with E-state index < -0.39 is 0 Å². The molecular formula is C10H11BrN2O2. The number of pyridine rings is 1. The quantitative estimate of drug-likeness (QED) is 0.780. The second kappa shape index (κ2) is 4.72. The van der Waals surface area contributed by atoms with Crippen LogP contribution in [0.2, 0.25) is 0 Å². The van der Waals surface area contributed by atoms with Gasteiger partial charge in [0, 0.05) is 23.4 Å². The smallest absolute Gasteiger partial charge is 0.257 e. The zero-order valence-corrected chi connectivity index (χ0v) is 9.74. The van der Waals surface area contributed by atoms with Crippen molar-refractivity contribution in [2.45, 2.75) is 6.42 Å². The Hall–Kier alpha value is -0.940. The summed E-state index contributed by atoms with van der Waals surface area (Å²) in [6, 6.07) is 1.77. The van der Waals surface area contributed by atoms with Crippen molar-refractivity contribution >= 4 is 21.8 Å². The van der Waals surface area contributed by atoms with E-state index >= 15 is 0 Å². The van der Waals surface area contributed by atoms with Gasteiger partial charge in [0.05, 0.1) is 12.2 Å². The van der Waals surface area contributed by atoms with E-state index in [1.165, 1.54) is 0 Å². The third kappa shape index (κ3) is 2.54. The van der Waals surface area contributed by atoms with Crippen molar-refractivity contribution in [3.63, 3.8) is 0 Å². The first-order chi connectivity index (χ1) is 7.27. The summed E-state index contributed by atoms with van der Waals surface area (Å²) in [5.74, 6) is -0.0245. The minimum absolute atomic E-state index is 0.0245. The molecule has 1 aromatic rings. The van der Waals surface area contributed by atoms with Crippen molar-refractivity contribution in [3.05, 3.63) is 28.5 Å². The van der Waals surface area contributed by atoms with Gasteiger partial charge in [-0.3, -0.25) is 9.78 Å². The summed E-state index contributed by atoms with van der Waals surface area (Å²) in [4.78, 5) is 17.6. The molecule has 4 nitrogen and oxygen atoms in total. The van der Waals surface area contributed by atoms with Crippen molar-refractivity contribution < 1.29 is 9.53 Å². The van der Waals surface area contributed by atoms with Gasteiger partial charge in [0.1, 0.15) is 6.73 Å². The van der Waals surface area contributed by atoms with Crippen LogP contribution >= 0.6 is 15.9 Å². The maximum atomic E-state index is 11.9. The molecule has 5 heteroatoms. The Kier molecular flexibility index (Phi) is 3.33. The minimum Gasteiger partial charge on any atom is -0.361 e. The number of rotatable bonds is 1. The van der Waals surface area contributed by atoms with Gasteiger partial charge in [0.15, 0.2) is 0 Å². The van der Waals surface area contributed by atoms with Gasteiger partial charge in [-0.2, -0.15) is 0 Å². The number of aromatic nitrogens is 1. The number of amides is 1. The van der Waals surface area contributed by atoms with Gasteiger partial charge in [-0.1, -0.05) is 0 Å². The van der Waals surface area contributed by atoms with E-state index in [0.717, 1.165) is 24.0 Å². The van der Waals surface area contributed by atoms with Crippen LogP contribution in [0.15, 0.2) is 22.9 Å². The fourth-order valence-electron chi connectivity index (χ4n) is 1.47. The first kappa shape index (κ1) is 10.6. The van der Waals surface area contributed by atoms with Crippen molar-refractivity contribution in [2.24, 2.45) is 0 Å². The number of carbonyl (C=O) groups is 1. The molecule has 1 amide bonds. The van der Waals surface area contributed by atoms with Crippen LogP contribution in [0, 0.1) is 0 Å². The predicted octanol–water partition coefficient (Wildman–Crippen LogP) is 1.66. The van der Waals surface area contributed by atoms with Crippen LogP contribution in [0.1, 0.15) is 16.8 Å². The van der Waals surface area contributed by atoms with Crippen molar-refractivity contribution in [2.75, 3.05) is 19.9 Å². The molecular weight excluding hydrogens is 260 g/mol. The van der Waals surface area contributed by atoms with E-state index in [1.807, 2.05) is 0 Å². The van der Waals surface area contributed by atoms with Crippen LogP contribution in [-0.2, 0) is 4.74 Å². The predicted molar refractivity (Wildman–Crippen MR) is 58.4 cm³/mol. The molecule has 0 unspecified atom stereocenters. The van der Waals surface area contributed by atoms with Gasteiger partial charge in [-0.05, 0) is 28.4 Å². The first-order valence-electron chi connectivity index (χ1n) is 4.75. The third-order valence-electron chi connectivity index (χ3n) is 2.20. The van der Waals surface area contributed by atoms with E-state index in [9.17, 15) is 4.79 Å². The summed E-state index contributed by atoms with van der Waals surface area (Å²) < 4.78 is 6.04. The summed E-state index contributed by atoms with van der Waals surface area (Å²) in [7, 11) is 0. The lowest BCUT2D eigenvalue weighted by atomic mass is 10.2. The Balaban J connectivity index is 2.12. The van der Waals surface area contributed by atoms with Gasteiger partial charge in [0.2, 0.25) is 0 Å². The lowest BCUT2D eigenvalue weighted by Gasteiger charge is -2.26. The molecule has 15 heavy (non-hydrogen) atoms. The van der Waals surface area contributed by atoms with Crippen LogP contribution in [0.4, 0.5) is 0 Å². The molecule has 0 radical (unpaired) electrons. The van der Waals surface area contributed by atoms with E-state index in [-0.39, 0.29) is 5.91 Å². The molecule has 2 heterocycles. The molecule has 0 atom stereocenters. The topological polar surface area (TPSA) is 42.4 Å². The Morgan fingerprint density at radius 3 is 3.07 bits per heavy atom. The fourth-order valence-corrected chi connectivity index (χ4v) is 1.83. The van der Waals surface area contributed by atoms with Crippen molar-refractivity contribution in [3.8, 4) is 0 Å². The molecule has 0 N–H and O–H groups in total. The average Bonchev–Trinajstić information content (AvgIpc) is 2.29. The number of hydrogen-bond acceptors (Lipinski definition) is 3. The lowest BCUT2D eigenvalue weighted by molar-refractivity contribution is -0.00573. The summed E-state index contributed by atoms with van der Waals surface area (Å²) in [6.45, 7) is 1.87. The van der Waals surface area contributed by atoms with Gasteiger partial charge in [-0.25, -0.2) is 0 Å². The third-order valence-corrected chi connectivity index (χ3v) is 2.64. The van der Waals surface area contributed by atoms with E-state index in [2.05, 4.69) is 20.9 Å². The second-order valence-corrected chi connectivity index (χ2v) is 4.27. The highest BCUT2D eigenvalue weighted by Crippen LogP contribution is 2.13. The van der Waals surface area contributed by atoms with Crippen LogP contribution in [0.3, 0.4) is 0 Å². The van der Waals surface area contributed by atoms with Gasteiger partial charge >= 0.3 is 0 Å². The molecule has 1 fully saturated rings. The van der Waals surface area contributed by atoms with Crippen LogP contribution in [0.5, 0.6) is 0 Å². The van der Waals surface area contributed by atoms with Crippen LogP contribution in [-0.4, -0.2) is 35.7 Å². The molecule has 0 aliphatic carbocycles. The Morgan fingerprint density at radius 1 is 1.53 bits per heavy atom. The monoisotopic (exact) mass is 270 g/mol. The second-order valence-electron chi connectivity index (χ2n) is 3.35. The highest BCUT2D eigenvalue weighted by molar-refractivity contribution is 9.10. The standard InChI is InChI=1S/C10H11BrN2O2/c11-9-4-8(5-12-6-9)10(14)13-2-1-3-15-7-13/h4-6H,1-3,7H2. The molecule has 0 spiro atoms. The molecule has 0 bridgehead atoms. The Morgan fingerprint density at radius 2 is 2.40 bits per heavy atom. The first-order valence-corrected chi connectivity index (χ1v) is 5.54. The minimum atomic E-state index is -0.0245. The Labute approximate surface area is 96.4 Å². The Bertz CT molecular complexity index is 364. The summed E-state index contributed by atoms with van der Waals surface area (Å²) >= 11 is 3.29. The molecule has 1 aromatic heterocycles. The highest BCUT2D eigenvalue weighted by Gasteiger charge is 2.18. The number of halogens is 1. The lowest BCUT2D eigenvalue weighted by Crippen LogP contribution is -2.38. The number of ether oxygens (including phenoxy) is 1. The maximum Gasteiger partial charge on any atom is 0.257 e. The van der Waals surface area contributed by atoms with E-state index in [1.54, 1.807) is 23.4 Å². The SMILES string of the molecule is O=C(c1cncc(Br)c1)N1CCCOC1. The largest absolute Gasteiger partial charge is 0.361 e. The van der Waals surface area contributed by atoms with Crippen LogP contribution in [0.25, 0.3) is 0 Å². The molecule has 80 valence electrons. The van der Waals surface area contributed by atoms with Gasteiger partial charge < -0.3 is 9.64 Å². The van der Waals surface area contributed by atoms with Crippen molar-refractivity contribution in [1.82, 2.24) is 9.88 Å². The van der Waals surface area contributed by atoms with Crippen LogP contribution < -0.4 is 0 Å². The molecule has 0 aromatic carbocycles. The molecule has 0 saturated carbocycles. The normalized spacial score (nSPS) is 16.5. The average molecular weight is 271 g/mol. The molecule has 1 aliphatic heterocycles. The maximum absolute atomic E-state index is 11.9. The summed E-state index contributed by atoms with van der Waals surface area (Å²) in [6.07, 6.45) is 4.12. The number of hydrogen-bond donors (Lipinski definition) is 0. The fraction of sp³-hybridized carbons (Fsp3) is 0.400. The van der Waals surface area contributed by atoms with Gasteiger partial charge in [-0.15, -0.1) is 0 Å². The number of carbonyl (C=O) groups excluding carboxylic acids is 1. The zero-order valence-electron chi connectivity index (χ0n) is 8.15. The molecule has 1 aliphatic rings. The summed E-state index contributed by atoms with van der Waals surface area (Å²) in [5, 5.41) is 0. The van der Waals surface area contributed by atoms with Crippen molar-refractivity contribution in [1.29, 1.82) is 0 Å². The van der Waals surface area contributed by atoms with E-state index in [0.29, 0.717) is 12.3 Å². The number of nitrogens with zero attached hydrogens (tertiary/aromatic N) is 2. The van der Waals surface area contributed by atoms with E-state index in [4.69, 9.17) is 4.74 Å².